The van der Waals surface area contributed by atoms with Gasteiger partial charge in [-0.15, -0.1) is 11.3 Å². The number of rotatable bonds is 5. The standard InChI is InChI=1S/C13H17N3OS/c1-10(2)16-8-7-15-12(13(16)17)14-6-5-11-4-3-9-18-11/h3-4,7-10H,5-6H2,1-2H3,(H,14,15). The highest BCUT2D eigenvalue weighted by Crippen LogP contribution is 2.09. The van der Waals surface area contributed by atoms with E-state index in [1.807, 2.05) is 19.9 Å². The predicted octanol–water partition coefficient (Wildman–Crippen LogP) is 2.54. The minimum Gasteiger partial charge on any atom is -0.365 e. The van der Waals surface area contributed by atoms with Crippen LogP contribution in [0.2, 0.25) is 0 Å². The zero-order valence-electron chi connectivity index (χ0n) is 10.6. The van der Waals surface area contributed by atoms with Crippen LogP contribution in [0.4, 0.5) is 5.82 Å². The van der Waals surface area contributed by atoms with Crippen LogP contribution in [0.1, 0.15) is 24.8 Å². The molecule has 0 aromatic carbocycles. The molecule has 0 aliphatic carbocycles. The van der Waals surface area contributed by atoms with Crippen molar-refractivity contribution in [2.24, 2.45) is 0 Å². The molecule has 18 heavy (non-hydrogen) atoms. The number of anilines is 1. The van der Waals surface area contributed by atoms with E-state index < -0.39 is 0 Å². The monoisotopic (exact) mass is 263 g/mol. The fourth-order valence-electron chi connectivity index (χ4n) is 1.71. The van der Waals surface area contributed by atoms with Gasteiger partial charge >= 0.3 is 0 Å². The van der Waals surface area contributed by atoms with Crippen LogP contribution in [-0.4, -0.2) is 16.1 Å². The Labute approximate surface area is 110 Å². The van der Waals surface area contributed by atoms with Gasteiger partial charge in [-0.05, 0) is 31.7 Å². The number of thiophene rings is 1. The molecule has 1 N–H and O–H groups in total. The number of aromatic nitrogens is 2. The Bertz CT molecular complexity index is 546. The second-order valence-corrected chi connectivity index (χ2v) is 5.37. The van der Waals surface area contributed by atoms with Gasteiger partial charge in [-0.3, -0.25) is 4.79 Å². The van der Waals surface area contributed by atoms with Crippen molar-refractivity contribution < 1.29 is 0 Å². The SMILES string of the molecule is CC(C)n1ccnc(NCCc2cccs2)c1=O. The lowest BCUT2D eigenvalue weighted by molar-refractivity contribution is 0.575. The molecule has 0 unspecified atom stereocenters. The Balaban J connectivity index is 2.01. The van der Waals surface area contributed by atoms with Crippen molar-refractivity contribution in [2.45, 2.75) is 26.3 Å². The van der Waals surface area contributed by atoms with E-state index in [0.717, 1.165) is 13.0 Å². The Hall–Kier alpha value is -1.62. The number of hydrogen-bond donors (Lipinski definition) is 1. The quantitative estimate of drug-likeness (QED) is 0.901. The first-order valence-electron chi connectivity index (χ1n) is 6.02. The zero-order valence-corrected chi connectivity index (χ0v) is 11.4. The first-order chi connectivity index (χ1) is 8.68. The van der Waals surface area contributed by atoms with E-state index in [0.29, 0.717) is 5.82 Å². The Kier molecular flexibility index (Phi) is 4.15. The summed E-state index contributed by atoms with van der Waals surface area (Å²) in [6, 6.07) is 4.28. The van der Waals surface area contributed by atoms with Crippen LogP contribution < -0.4 is 10.9 Å². The van der Waals surface area contributed by atoms with Crippen LogP contribution in [0, 0.1) is 0 Å². The summed E-state index contributed by atoms with van der Waals surface area (Å²) in [4.78, 5) is 17.5. The van der Waals surface area contributed by atoms with Crippen molar-refractivity contribution >= 4 is 17.2 Å². The Morgan fingerprint density at radius 2 is 2.33 bits per heavy atom. The molecule has 0 bridgehead atoms. The lowest BCUT2D eigenvalue weighted by Gasteiger charge is -2.11. The van der Waals surface area contributed by atoms with E-state index in [1.54, 1.807) is 28.3 Å². The molecule has 0 amide bonds. The minimum atomic E-state index is -0.0568. The molecule has 2 rings (SSSR count). The van der Waals surface area contributed by atoms with Crippen LogP contribution in [0.15, 0.2) is 34.7 Å². The summed E-state index contributed by atoms with van der Waals surface area (Å²) in [5.74, 6) is 0.433. The lowest BCUT2D eigenvalue weighted by Crippen LogP contribution is -2.26. The van der Waals surface area contributed by atoms with Gasteiger partial charge in [-0.2, -0.15) is 0 Å². The molecule has 2 aromatic heterocycles. The molecule has 2 heterocycles. The molecule has 0 radical (unpaired) electrons. The average Bonchev–Trinajstić information content (AvgIpc) is 2.84. The topological polar surface area (TPSA) is 46.9 Å². The summed E-state index contributed by atoms with van der Waals surface area (Å²) in [6.07, 6.45) is 4.29. The van der Waals surface area contributed by atoms with Gasteiger partial charge in [0.05, 0.1) is 0 Å². The van der Waals surface area contributed by atoms with Crippen molar-refractivity contribution in [1.29, 1.82) is 0 Å². The third kappa shape index (κ3) is 2.98. The molecular weight excluding hydrogens is 246 g/mol. The molecular formula is C13H17N3OS. The van der Waals surface area contributed by atoms with Gasteiger partial charge < -0.3 is 9.88 Å². The Morgan fingerprint density at radius 3 is 3.00 bits per heavy atom. The van der Waals surface area contributed by atoms with Crippen molar-refractivity contribution in [3.05, 3.63) is 45.1 Å². The smallest absolute Gasteiger partial charge is 0.293 e. The fourth-order valence-corrected chi connectivity index (χ4v) is 2.42. The van der Waals surface area contributed by atoms with Gasteiger partial charge in [0.1, 0.15) is 0 Å². The van der Waals surface area contributed by atoms with E-state index in [1.165, 1.54) is 4.88 Å². The summed E-state index contributed by atoms with van der Waals surface area (Å²) in [5.41, 5.74) is -0.0568. The minimum absolute atomic E-state index is 0.0568. The lowest BCUT2D eigenvalue weighted by atomic mass is 10.3. The maximum absolute atomic E-state index is 12.0. The summed E-state index contributed by atoms with van der Waals surface area (Å²) in [6.45, 7) is 4.69. The summed E-state index contributed by atoms with van der Waals surface area (Å²) in [5, 5.41) is 5.17. The van der Waals surface area contributed by atoms with E-state index in [9.17, 15) is 4.79 Å². The highest BCUT2D eigenvalue weighted by atomic mass is 32.1. The van der Waals surface area contributed by atoms with Crippen molar-refractivity contribution in [3.8, 4) is 0 Å². The normalized spacial score (nSPS) is 10.8. The van der Waals surface area contributed by atoms with E-state index in [2.05, 4.69) is 21.7 Å². The molecule has 96 valence electrons. The van der Waals surface area contributed by atoms with Gasteiger partial charge in [0, 0.05) is 29.9 Å². The van der Waals surface area contributed by atoms with Gasteiger partial charge in [-0.25, -0.2) is 4.98 Å². The maximum Gasteiger partial charge on any atom is 0.293 e. The fraction of sp³-hybridized carbons (Fsp3) is 0.385. The molecule has 0 atom stereocenters. The molecule has 0 spiro atoms. The molecule has 0 fully saturated rings. The van der Waals surface area contributed by atoms with Crippen LogP contribution in [-0.2, 0) is 6.42 Å². The third-order valence-corrected chi connectivity index (χ3v) is 3.60. The second-order valence-electron chi connectivity index (χ2n) is 4.34. The predicted molar refractivity (Wildman–Crippen MR) is 75.4 cm³/mol. The highest BCUT2D eigenvalue weighted by Gasteiger charge is 2.06. The summed E-state index contributed by atoms with van der Waals surface area (Å²) in [7, 11) is 0. The van der Waals surface area contributed by atoms with Gasteiger partial charge in [0.2, 0.25) is 0 Å². The summed E-state index contributed by atoms with van der Waals surface area (Å²) < 4.78 is 1.68. The van der Waals surface area contributed by atoms with Gasteiger partial charge in [0.25, 0.3) is 5.56 Å². The molecule has 0 saturated carbocycles. The number of nitrogens with zero attached hydrogens (tertiary/aromatic N) is 2. The largest absolute Gasteiger partial charge is 0.365 e. The highest BCUT2D eigenvalue weighted by molar-refractivity contribution is 7.09. The molecule has 5 heteroatoms. The Morgan fingerprint density at radius 1 is 1.50 bits per heavy atom. The van der Waals surface area contributed by atoms with Crippen molar-refractivity contribution in [3.63, 3.8) is 0 Å². The summed E-state index contributed by atoms with van der Waals surface area (Å²) >= 11 is 1.73. The number of hydrogen-bond acceptors (Lipinski definition) is 4. The molecule has 0 saturated heterocycles. The van der Waals surface area contributed by atoms with Gasteiger partial charge in [0.15, 0.2) is 5.82 Å². The molecule has 0 aliphatic heterocycles. The van der Waals surface area contributed by atoms with E-state index in [-0.39, 0.29) is 11.6 Å². The van der Waals surface area contributed by atoms with Crippen LogP contribution in [0.25, 0.3) is 0 Å². The zero-order chi connectivity index (χ0) is 13.0. The van der Waals surface area contributed by atoms with Gasteiger partial charge in [-0.1, -0.05) is 6.07 Å². The van der Waals surface area contributed by atoms with Crippen LogP contribution in [0.3, 0.4) is 0 Å². The van der Waals surface area contributed by atoms with Crippen molar-refractivity contribution in [1.82, 2.24) is 9.55 Å². The first kappa shape index (κ1) is 12.8. The van der Waals surface area contributed by atoms with E-state index in [4.69, 9.17) is 0 Å². The molecule has 4 nitrogen and oxygen atoms in total. The third-order valence-electron chi connectivity index (χ3n) is 2.67. The van der Waals surface area contributed by atoms with Crippen LogP contribution in [0.5, 0.6) is 0 Å². The first-order valence-corrected chi connectivity index (χ1v) is 6.90. The van der Waals surface area contributed by atoms with E-state index >= 15 is 0 Å². The molecule has 2 aromatic rings. The van der Waals surface area contributed by atoms with Crippen molar-refractivity contribution in [2.75, 3.05) is 11.9 Å². The maximum atomic E-state index is 12.0. The van der Waals surface area contributed by atoms with Crippen LogP contribution >= 0.6 is 11.3 Å². The molecule has 0 aliphatic rings. The number of nitrogens with one attached hydrogen (secondary N) is 1. The average molecular weight is 263 g/mol. The second kappa shape index (κ2) is 5.82.